The van der Waals surface area contributed by atoms with Crippen molar-refractivity contribution in [1.82, 2.24) is 4.98 Å². The van der Waals surface area contributed by atoms with Crippen LogP contribution in [0.2, 0.25) is 0 Å². The normalized spacial score (nSPS) is 10.4. The van der Waals surface area contributed by atoms with Crippen LogP contribution in [0.5, 0.6) is 0 Å². The van der Waals surface area contributed by atoms with E-state index in [0.29, 0.717) is 5.56 Å². The second kappa shape index (κ2) is 9.73. The Balaban J connectivity index is 1.67. The summed E-state index contributed by atoms with van der Waals surface area (Å²) in [5.74, 6) is -0.178. The third-order valence-corrected chi connectivity index (χ3v) is 4.91. The molecule has 0 bridgehead atoms. The summed E-state index contributed by atoms with van der Waals surface area (Å²) in [4.78, 5) is 19.1. The number of pyridine rings is 1. The summed E-state index contributed by atoms with van der Waals surface area (Å²) in [6.45, 7) is 8.36. The van der Waals surface area contributed by atoms with Crippen LogP contribution in [0.15, 0.2) is 67.0 Å². The van der Waals surface area contributed by atoms with Crippen molar-refractivity contribution < 1.29 is 4.79 Å². The molecule has 1 aromatic heterocycles. The Hall–Kier alpha value is -3.34. The van der Waals surface area contributed by atoms with E-state index in [4.69, 9.17) is 0 Å². The molecule has 0 spiro atoms. The van der Waals surface area contributed by atoms with Crippen molar-refractivity contribution in [1.29, 1.82) is 0 Å². The zero-order chi connectivity index (χ0) is 20.6. The molecular formula is C24H28N4O. The number of amides is 1. The number of hydrogen-bond donors (Lipinski definition) is 2. The van der Waals surface area contributed by atoms with Crippen LogP contribution in [0, 0.1) is 0 Å². The maximum atomic E-state index is 12.6. The van der Waals surface area contributed by atoms with Crippen LogP contribution >= 0.6 is 0 Å². The molecule has 3 rings (SSSR count). The highest BCUT2D eigenvalue weighted by Crippen LogP contribution is 2.21. The first-order valence-electron chi connectivity index (χ1n) is 10.1. The van der Waals surface area contributed by atoms with Crippen LogP contribution in [-0.4, -0.2) is 24.0 Å². The summed E-state index contributed by atoms with van der Waals surface area (Å²) in [5, 5.41) is 6.24. The van der Waals surface area contributed by atoms with Gasteiger partial charge in [0.1, 0.15) is 0 Å². The first-order chi connectivity index (χ1) is 14.1. The van der Waals surface area contributed by atoms with Crippen molar-refractivity contribution in [2.24, 2.45) is 0 Å². The topological polar surface area (TPSA) is 57.3 Å². The Morgan fingerprint density at radius 3 is 2.14 bits per heavy atom. The first-order valence-corrected chi connectivity index (χ1v) is 10.1. The quantitative estimate of drug-likeness (QED) is 0.536. The zero-order valence-corrected chi connectivity index (χ0v) is 17.3. The molecule has 5 nitrogen and oxygen atoms in total. The van der Waals surface area contributed by atoms with E-state index in [0.717, 1.165) is 36.6 Å². The average Bonchev–Trinajstić information content (AvgIpc) is 2.76. The minimum atomic E-state index is -0.178. The summed E-state index contributed by atoms with van der Waals surface area (Å²) in [6.07, 6.45) is 4.26. The lowest BCUT2D eigenvalue weighted by molar-refractivity contribution is 0.102. The van der Waals surface area contributed by atoms with E-state index in [-0.39, 0.29) is 5.91 Å². The van der Waals surface area contributed by atoms with Crippen LogP contribution < -0.4 is 15.5 Å². The van der Waals surface area contributed by atoms with Crippen molar-refractivity contribution >= 4 is 28.7 Å². The number of hydrogen-bond acceptors (Lipinski definition) is 4. The highest BCUT2D eigenvalue weighted by Gasteiger charge is 2.08. The van der Waals surface area contributed by atoms with Crippen molar-refractivity contribution in [3.63, 3.8) is 0 Å². The number of carbonyl (C=O) groups excluding carboxylic acids is 1. The minimum absolute atomic E-state index is 0.178. The van der Waals surface area contributed by atoms with Crippen molar-refractivity contribution in [2.75, 3.05) is 28.6 Å². The second-order valence-electron chi connectivity index (χ2n) is 6.81. The Bertz CT molecular complexity index is 932. The molecule has 0 aliphatic rings. The van der Waals surface area contributed by atoms with E-state index in [1.54, 1.807) is 18.5 Å². The zero-order valence-electron chi connectivity index (χ0n) is 17.3. The van der Waals surface area contributed by atoms with E-state index in [1.165, 1.54) is 11.3 Å². The van der Waals surface area contributed by atoms with Crippen molar-refractivity contribution in [3.8, 4) is 0 Å². The van der Waals surface area contributed by atoms with Gasteiger partial charge in [-0.15, -0.1) is 0 Å². The molecular weight excluding hydrogens is 360 g/mol. The Morgan fingerprint density at radius 1 is 0.862 bits per heavy atom. The van der Waals surface area contributed by atoms with Gasteiger partial charge < -0.3 is 15.5 Å². The lowest BCUT2D eigenvalue weighted by Crippen LogP contribution is -2.21. The molecule has 0 saturated carbocycles. The number of rotatable bonds is 8. The number of aryl methyl sites for hydroxylation is 1. The van der Waals surface area contributed by atoms with Crippen molar-refractivity contribution in [3.05, 3.63) is 78.1 Å². The van der Waals surface area contributed by atoms with Gasteiger partial charge in [0.05, 0.1) is 17.4 Å². The molecule has 29 heavy (non-hydrogen) atoms. The number of anilines is 4. The Labute approximate surface area is 172 Å². The molecule has 0 saturated heterocycles. The molecule has 3 aromatic rings. The molecule has 1 amide bonds. The summed E-state index contributed by atoms with van der Waals surface area (Å²) < 4.78 is 0. The lowest BCUT2D eigenvalue weighted by Gasteiger charge is -2.21. The largest absolute Gasteiger partial charge is 0.372 e. The van der Waals surface area contributed by atoms with Gasteiger partial charge in [0.15, 0.2) is 0 Å². The molecule has 0 aliphatic heterocycles. The van der Waals surface area contributed by atoms with E-state index in [1.807, 2.05) is 36.4 Å². The molecule has 2 aromatic carbocycles. The van der Waals surface area contributed by atoms with E-state index < -0.39 is 0 Å². The number of carbonyl (C=O) groups is 1. The first kappa shape index (κ1) is 20.4. The van der Waals surface area contributed by atoms with Gasteiger partial charge in [0.2, 0.25) is 0 Å². The second-order valence-corrected chi connectivity index (χ2v) is 6.81. The molecule has 0 unspecified atom stereocenters. The van der Waals surface area contributed by atoms with E-state index in [9.17, 15) is 4.79 Å². The van der Waals surface area contributed by atoms with Gasteiger partial charge in [-0.05, 0) is 68.3 Å². The van der Waals surface area contributed by atoms with Gasteiger partial charge in [-0.2, -0.15) is 0 Å². The summed E-state index contributed by atoms with van der Waals surface area (Å²) in [7, 11) is 0. The molecule has 0 fully saturated rings. The van der Waals surface area contributed by atoms with Gasteiger partial charge in [-0.1, -0.05) is 19.1 Å². The van der Waals surface area contributed by atoms with Gasteiger partial charge in [0.25, 0.3) is 5.91 Å². The van der Waals surface area contributed by atoms with Gasteiger partial charge in [-0.3, -0.25) is 9.78 Å². The Kier molecular flexibility index (Phi) is 6.85. The number of benzene rings is 2. The van der Waals surface area contributed by atoms with Crippen LogP contribution in [0.1, 0.15) is 36.7 Å². The molecule has 1 heterocycles. The third kappa shape index (κ3) is 5.35. The molecule has 0 aliphatic carbocycles. The standard InChI is InChI=1S/C24H28N4O/c1-4-18-7-9-21(10-8-18)27-24(29)19-15-22(17-25-16-19)26-20-11-13-23(14-12-20)28(5-2)6-3/h7-17,26H,4-6H2,1-3H3,(H,27,29). The van der Waals surface area contributed by atoms with E-state index in [2.05, 4.69) is 53.4 Å². The highest BCUT2D eigenvalue weighted by molar-refractivity contribution is 6.04. The fourth-order valence-electron chi connectivity index (χ4n) is 3.17. The third-order valence-electron chi connectivity index (χ3n) is 4.91. The molecule has 0 radical (unpaired) electrons. The van der Waals surface area contributed by atoms with Gasteiger partial charge >= 0.3 is 0 Å². The smallest absolute Gasteiger partial charge is 0.257 e. The number of aromatic nitrogens is 1. The maximum absolute atomic E-state index is 12.6. The summed E-state index contributed by atoms with van der Waals surface area (Å²) >= 11 is 0. The highest BCUT2D eigenvalue weighted by atomic mass is 16.1. The molecule has 5 heteroatoms. The lowest BCUT2D eigenvalue weighted by atomic mass is 10.1. The van der Waals surface area contributed by atoms with Crippen LogP contribution in [0.3, 0.4) is 0 Å². The molecule has 2 N–H and O–H groups in total. The number of nitrogens with zero attached hydrogens (tertiary/aromatic N) is 2. The molecule has 0 atom stereocenters. The van der Waals surface area contributed by atoms with Crippen LogP contribution in [0.4, 0.5) is 22.7 Å². The van der Waals surface area contributed by atoms with E-state index >= 15 is 0 Å². The maximum Gasteiger partial charge on any atom is 0.257 e. The minimum Gasteiger partial charge on any atom is -0.372 e. The SMILES string of the molecule is CCc1ccc(NC(=O)c2cncc(Nc3ccc(N(CC)CC)cc3)c2)cc1. The average molecular weight is 389 g/mol. The van der Waals surface area contributed by atoms with Crippen LogP contribution in [0.25, 0.3) is 0 Å². The van der Waals surface area contributed by atoms with Gasteiger partial charge in [-0.25, -0.2) is 0 Å². The van der Waals surface area contributed by atoms with Crippen LogP contribution in [-0.2, 0) is 6.42 Å². The summed E-state index contributed by atoms with van der Waals surface area (Å²) in [6, 6.07) is 18.0. The Morgan fingerprint density at radius 2 is 1.52 bits per heavy atom. The fraction of sp³-hybridized carbons (Fsp3) is 0.250. The van der Waals surface area contributed by atoms with Crippen molar-refractivity contribution in [2.45, 2.75) is 27.2 Å². The summed E-state index contributed by atoms with van der Waals surface area (Å²) in [5.41, 5.74) is 5.45. The monoisotopic (exact) mass is 388 g/mol. The van der Waals surface area contributed by atoms with Gasteiger partial charge in [0, 0.05) is 36.3 Å². The predicted molar refractivity (Wildman–Crippen MR) is 121 cm³/mol. The number of nitrogens with one attached hydrogen (secondary N) is 2. The molecule has 150 valence electrons. The fourth-order valence-corrected chi connectivity index (χ4v) is 3.17. The predicted octanol–water partition coefficient (Wildman–Crippen LogP) is 5.49.